The largest absolute Gasteiger partial charge is 0.292 e. The molecule has 0 bridgehead atoms. The second kappa shape index (κ2) is 27.4. The van der Waals surface area contributed by atoms with Crippen molar-refractivity contribution in [1.29, 1.82) is 0 Å². The Morgan fingerprint density at radius 2 is 0.425 bits per heavy atom. The van der Waals surface area contributed by atoms with Crippen LogP contribution in [0.25, 0.3) is 188 Å². The quantitative estimate of drug-likeness (QED) is 0.114. The van der Waals surface area contributed by atoms with E-state index in [1.54, 1.807) is 0 Å². The summed E-state index contributed by atoms with van der Waals surface area (Å²) < 4.78 is 4.55. The maximum absolute atomic E-state index is 5.08. The molecule has 4 nitrogen and oxygen atoms in total. The summed E-state index contributed by atoms with van der Waals surface area (Å²) in [4.78, 5) is 10.1. The number of imidazole rings is 2. The number of rotatable bonds is 12. The Morgan fingerprint density at radius 1 is 0.160 bits per heavy atom. The minimum atomic E-state index is 0.937. The average molecular weight is 1350 g/mol. The molecule has 20 rings (SSSR count). The van der Waals surface area contributed by atoms with Gasteiger partial charge in [-0.3, -0.25) is 9.13 Å². The third kappa shape index (κ3) is 11.4. The Kier molecular flexibility index (Phi) is 16.2. The first kappa shape index (κ1) is 62.9. The van der Waals surface area contributed by atoms with Crippen LogP contribution < -0.4 is 0 Å². The molecule has 0 fully saturated rings. The number of nitrogens with zero attached hydrogens (tertiary/aromatic N) is 4. The Bertz CT molecular complexity index is 6510. The fourth-order valence-electron chi connectivity index (χ4n) is 16.0. The highest BCUT2D eigenvalue weighted by Gasteiger charge is 2.24. The van der Waals surface area contributed by atoms with E-state index in [0.29, 0.717) is 0 Å². The molecule has 0 spiro atoms. The van der Waals surface area contributed by atoms with Crippen LogP contribution in [0.4, 0.5) is 0 Å². The molecule has 0 saturated carbocycles. The van der Waals surface area contributed by atoms with E-state index in [9.17, 15) is 0 Å². The van der Waals surface area contributed by atoms with Crippen molar-refractivity contribution in [1.82, 2.24) is 19.1 Å². The van der Waals surface area contributed by atoms with E-state index in [1.165, 1.54) is 132 Å². The highest BCUT2D eigenvalue weighted by Crippen LogP contribution is 2.49. The van der Waals surface area contributed by atoms with E-state index in [0.717, 1.165) is 56.2 Å². The summed E-state index contributed by atoms with van der Waals surface area (Å²) in [6.07, 6.45) is 0. The van der Waals surface area contributed by atoms with E-state index in [2.05, 4.69) is 410 Å². The Balaban J connectivity index is 0.000000145. The molecular weight excluding hydrogens is 1280 g/mol. The second-order valence-electron chi connectivity index (χ2n) is 27.0. The summed E-state index contributed by atoms with van der Waals surface area (Å²) >= 11 is 0. The van der Waals surface area contributed by atoms with Gasteiger partial charge in [0.2, 0.25) is 0 Å². The summed E-state index contributed by atoms with van der Waals surface area (Å²) in [6.45, 7) is 0. The normalized spacial score (nSPS) is 11.4. The molecule has 0 N–H and O–H groups in total. The molecule has 0 radical (unpaired) electrons. The number of aromatic nitrogens is 4. The van der Waals surface area contributed by atoms with Gasteiger partial charge in [-0.15, -0.1) is 0 Å². The summed E-state index contributed by atoms with van der Waals surface area (Å²) in [5.41, 5.74) is 28.0. The molecule has 0 amide bonds. The van der Waals surface area contributed by atoms with Crippen LogP contribution in [0.15, 0.2) is 413 Å². The van der Waals surface area contributed by atoms with Crippen molar-refractivity contribution in [2.45, 2.75) is 0 Å². The first-order chi connectivity index (χ1) is 52.6. The maximum Gasteiger partial charge on any atom is 0.145 e. The lowest BCUT2D eigenvalue weighted by atomic mass is 9.83. The minimum absolute atomic E-state index is 0.937. The molecule has 496 valence electrons. The van der Waals surface area contributed by atoms with Gasteiger partial charge in [-0.25, -0.2) is 9.97 Å². The van der Waals surface area contributed by atoms with Crippen LogP contribution in [-0.4, -0.2) is 19.1 Å². The number of para-hydroxylation sites is 4. The van der Waals surface area contributed by atoms with E-state index in [4.69, 9.17) is 9.97 Å². The van der Waals surface area contributed by atoms with Crippen LogP contribution in [0, 0.1) is 0 Å². The van der Waals surface area contributed by atoms with Gasteiger partial charge in [0.1, 0.15) is 11.6 Å². The molecule has 106 heavy (non-hydrogen) atoms. The van der Waals surface area contributed by atoms with Crippen molar-refractivity contribution in [3.8, 4) is 123 Å². The standard InChI is InChI=1S/2C51H34N2/c1-4-16-35(17-5-1)41-33-30-39(34-46(41)36-18-6-2-7-19-36)50-44-24-12-10-22-42(44)49(43-23-11-13-25-45(43)50)37-28-31-40(32-29-37)53-48-27-15-14-26-47(48)52-51(53)38-20-8-3-9-21-38;1-4-16-35(17-5-1)39-30-33-41(36-18-6-2-7-19-36)46(34-39)50-44-24-12-10-22-42(44)49(43-23-11-13-25-45(43)50)37-28-31-40(32-29-37)53-48-27-15-14-26-47(48)52-51(53)38-20-8-3-9-21-38/h2*1-34H. The van der Waals surface area contributed by atoms with Crippen molar-refractivity contribution in [3.05, 3.63) is 413 Å². The molecular formula is C102H68N4. The van der Waals surface area contributed by atoms with E-state index >= 15 is 0 Å². The number of hydrogen-bond acceptors (Lipinski definition) is 2. The van der Waals surface area contributed by atoms with Crippen molar-refractivity contribution in [2.24, 2.45) is 0 Å². The Hall–Kier alpha value is -14.1. The van der Waals surface area contributed by atoms with Gasteiger partial charge < -0.3 is 0 Å². The number of fused-ring (bicyclic) bond motifs is 6. The van der Waals surface area contributed by atoms with Crippen LogP contribution in [-0.2, 0) is 0 Å². The second-order valence-corrected chi connectivity index (χ2v) is 27.0. The zero-order chi connectivity index (χ0) is 70.3. The number of benzene rings is 18. The summed E-state index contributed by atoms with van der Waals surface area (Å²) in [5.74, 6) is 1.87. The summed E-state index contributed by atoms with van der Waals surface area (Å²) in [7, 11) is 0. The predicted octanol–water partition coefficient (Wildman–Crippen LogP) is 27.3. The molecule has 0 saturated heterocycles. The zero-order valence-electron chi connectivity index (χ0n) is 58.0. The lowest BCUT2D eigenvalue weighted by molar-refractivity contribution is 1.10. The van der Waals surface area contributed by atoms with Crippen molar-refractivity contribution in [3.63, 3.8) is 0 Å². The fraction of sp³-hybridized carbons (Fsp3) is 0. The van der Waals surface area contributed by atoms with Gasteiger partial charge in [-0.1, -0.05) is 352 Å². The van der Waals surface area contributed by atoms with Crippen LogP contribution in [0.3, 0.4) is 0 Å². The van der Waals surface area contributed by atoms with E-state index < -0.39 is 0 Å². The summed E-state index contributed by atoms with van der Waals surface area (Å²) in [5, 5.41) is 9.89. The molecule has 0 aliphatic heterocycles. The molecule has 0 unspecified atom stereocenters. The molecule has 0 aliphatic carbocycles. The molecule has 18 aromatic carbocycles. The van der Waals surface area contributed by atoms with Crippen molar-refractivity contribution < 1.29 is 0 Å². The topological polar surface area (TPSA) is 35.6 Å². The van der Waals surface area contributed by atoms with Gasteiger partial charge in [0.05, 0.1) is 22.1 Å². The van der Waals surface area contributed by atoms with Gasteiger partial charge in [0.25, 0.3) is 0 Å². The highest BCUT2D eigenvalue weighted by molar-refractivity contribution is 6.24. The molecule has 0 aliphatic rings. The first-order valence-electron chi connectivity index (χ1n) is 36.3. The van der Waals surface area contributed by atoms with Gasteiger partial charge >= 0.3 is 0 Å². The van der Waals surface area contributed by atoms with Crippen LogP contribution in [0.2, 0.25) is 0 Å². The molecule has 2 aromatic heterocycles. The van der Waals surface area contributed by atoms with Gasteiger partial charge in [-0.2, -0.15) is 0 Å². The van der Waals surface area contributed by atoms with Gasteiger partial charge in [-0.05, 0) is 193 Å². The smallest absolute Gasteiger partial charge is 0.145 e. The summed E-state index contributed by atoms with van der Waals surface area (Å²) in [6, 6.07) is 148. The molecule has 0 atom stereocenters. The molecule has 4 heteroatoms. The lowest BCUT2D eigenvalue weighted by Crippen LogP contribution is -1.98. The lowest BCUT2D eigenvalue weighted by Gasteiger charge is -2.21. The monoisotopic (exact) mass is 1350 g/mol. The molecule has 2 heterocycles. The number of hydrogen-bond donors (Lipinski definition) is 0. The average Bonchev–Trinajstić information content (AvgIpc) is 0.925. The van der Waals surface area contributed by atoms with Crippen LogP contribution in [0.5, 0.6) is 0 Å². The predicted molar refractivity (Wildman–Crippen MR) is 447 cm³/mol. The zero-order valence-corrected chi connectivity index (χ0v) is 58.0. The van der Waals surface area contributed by atoms with Crippen molar-refractivity contribution in [2.75, 3.05) is 0 Å². The highest BCUT2D eigenvalue weighted by atomic mass is 15.1. The van der Waals surface area contributed by atoms with Crippen LogP contribution in [0.1, 0.15) is 0 Å². The maximum atomic E-state index is 5.08. The minimum Gasteiger partial charge on any atom is -0.292 e. The third-order valence-corrected chi connectivity index (χ3v) is 20.8. The van der Waals surface area contributed by atoms with Gasteiger partial charge in [0.15, 0.2) is 0 Å². The van der Waals surface area contributed by atoms with Crippen molar-refractivity contribution >= 4 is 65.2 Å². The molecule has 20 aromatic rings. The van der Waals surface area contributed by atoms with Gasteiger partial charge in [0, 0.05) is 22.5 Å². The van der Waals surface area contributed by atoms with Crippen LogP contribution >= 0.6 is 0 Å². The third-order valence-electron chi connectivity index (χ3n) is 20.8. The SMILES string of the molecule is c1ccc(-c2ccc(-c3c4ccccc4c(-c4ccc(-n5c(-c6ccccc6)nc6ccccc65)cc4)c4ccccc34)cc2-c2ccccc2)cc1.c1ccc(-c2ccc(-c3ccccc3)c(-c3c4ccccc4c(-c4ccc(-n5c(-c6ccccc6)nc6ccccc65)cc4)c4ccccc34)c2)cc1. The first-order valence-corrected chi connectivity index (χ1v) is 36.3. The Morgan fingerprint density at radius 3 is 0.802 bits per heavy atom. The fourth-order valence-corrected chi connectivity index (χ4v) is 16.0. The van der Waals surface area contributed by atoms with E-state index in [1.807, 2.05) is 12.1 Å². The van der Waals surface area contributed by atoms with E-state index in [-0.39, 0.29) is 0 Å². The Labute approximate surface area is 616 Å².